The van der Waals surface area contributed by atoms with E-state index in [1.54, 1.807) is 18.2 Å². The molecule has 0 unspecified atom stereocenters. The molecule has 3 N–H and O–H groups in total. The Labute approximate surface area is 141 Å². The molecule has 1 aromatic rings. The summed E-state index contributed by atoms with van der Waals surface area (Å²) in [5.74, 6) is 0.941. The van der Waals surface area contributed by atoms with E-state index in [0.29, 0.717) is 56.3 Å². The second kappa shape index (κ2) is 7.09. The lowest BCUT2D eigenvalue weighted by atomic mass is 9.95. The van der Waals surface area contributed by atoms with E-state index < -0.39 is 0 Å². The van der Waals surface area contributed by atoms with Crippen LogP contribution in [0.4, 0.5) is 5.69 Å². The Morgan fingerprint density at radius 1 is 1.21 bits per heavy atom. The Hall–Kier alpha value is -2.28. The smallest absolute Gasteiger partial charge is 0.241 e. The largest absolute Gasteiger partial charge is 0.486 e. The monoisotopic (exact) mass is 333 g/mol. The van der Waals surface area contributed by atoms with Crippen molar-refractivity contribution in [2.45, 2.75) is 25.8 Å². The van der Waals surface area contributed by atoms with E-state index in [-0.39, 0.29) is 23.8 Å². The molecule has 0 aromatic heterocycles. The Balaban J connectivity index is 1.57. The fraction of sp³-hybridized carbons (Fsp3) is 0.529. The highest BCUT2D eigenvalue weighted by Gasteiger charge is 2.28. The Bertz CT molecular complexity index is 626. The van der Waals surface area contributed by atoms with Crippen molar-refractivity contribution in [2.75, 3.05) is 31.6 Å². The van der Waals surface area contributed by atoms with Crippen molar-refractivity contribution in [1.82, 2.24) is 4.90 Å². The number of amides is 2. The van der Waals surface area contributed by atoms with E-state index in [1.165, 1.54) is 0 Å². The van der Waals surface area contributed by atoms with Gasteiger partial charge in [0, 0.05) is 17.7 Å². The summed E-state index contributed by atoms with van der Waals surface area (Å²) >= 11 is 0. The number of ether oxygens (including phenoxy) is 2. The third-order valence-electron chi connectivity index (χ3n) is 4.67. The maximum absolute atomic E-state index is 12.5. The molecule has 7 nitrogen and oxygen atoms in total. The van der Waals surface area contributed by atoms with Gasteiger partial charge in [-0.2, -0.15) is 0 Å². The molecule has 1 fully saturated rings. The number of hydrogen-bond donors (Lipinski definition) is 2. The van der Waals surface area contributed by atoms with Crippen LogP contribution in [-0.4, -0.2) is 49.1 Å². The molecule has 2 aliphatic rings. The van der Waals surface area contributed by atoms with E-state index in [4.69, 9.17) is 15.2 Å². The third kappa shape index (κ3) is 3.62. The zero-order valence-electron chi connectivity index (χ0n) is 13.8. The summed E-state index contributed by atoms with van der Waals surface area (Å²) in [4.78, 5) is 25.8. The van der Waals surface area contributed by atoms with E-state index >= 15 is 0 Å². The van der Waals surface area contributed by atoms with E-state index in [0.717, 1.165) is 0 Å². The molecule has 2 aliphatic heterocycles. The number of carbonyl (C=O) groups is 2. The lowest BCUT2D eigenvalue weighted by Gasteiger charge is -2.34. The zero-order valence-corrected chi connectivity index (χ0v) is 13.8. The van der Waals surface area contributed by atoms with Crippen molar-refractivity contribution >= 4 is 17.5 Å². The lowest BCUT2D eigenvalue weighted by molar-refractivity contribution is -0.124. The van der Waals surface area contributed by atoms with Gasteiger partial charge in [-0.3, -0.25) is 14.5 Å². The number of hydrogen-bond acceptors (Lipinski definition) is 5. The molecule has 2 heterocycles. The predicted octanol–water partition coefficient (Wildman–Crippen LogP) is 0.982. The highest BCUT2D eigenvalue weighted by molar-refractivity contribution is 5.94. The summed E-state index contributed by atoms with van der Waals surface area (Å²) < 4.78 is 11.0. The van der Waals surface area contributed by atoms with Crippen LogP contribution in [0.1, 0.15) is 19.8 Å². The highest BCUT2D eigenvalue weighted by Crippen LogP contribution is 2.32. The number of nitrogens with zero attached hydrogens (tertiary/aromatic N) is 1. The minimum atomic E-state index is -0.271. The summed E-state index contributed by atoms with van der Waals surface area (Å²) in [7, 11) is 0. The molecule has 130 valence electrons. The van der Waals surface area contributed by atoms with Gasteiger partial charge in [-0.15, -0.1) is 0 Å². The first kappa shape index (κ1) is 16.6. The molecule has 7 heteroatoms. The number of benzene rings is 1. The number of rotatable bonds is 4. The van der Waals surface area contributed by atoms with Gasteiger partial charge in [-0.25, -0.2) is 0 Å². The Morgan fingerprint density at radius 3 is 2.54 bits per heavy atom. The van der Waals surface area contributed by atoms with Crippen LogP contribution in [0.15, 0.2) is 18.2 Å². The predicted molar refractivity (Wildman–Crippen MR) is 89.0 cm³/mol. The van der Waals surface area contributed by atoms with Gasteiger partial charge in [0.15, 0.2) is 11.5 Å². The van der Waals surface area contributed by atoms with E-state index in [2.05, 4.69) is 10.2 Å². The molecule has 2 amide bonds. The second-order valence-corrected chi connectivity index (χ2v) is 6.24. The molecule has 0 bridgehead atoms. The summed E-state index contributed by atoms with van der Waals surface area (Å²) in [6.07, 6.45) is 1.41. The number of fused-ring (bicyclic) bond motifs is 1. The molecular formula is C17H23N3O4. The lowest BCUT2D eigenvalue weighted by Crippen LogP contribution is -2.47. The molecule has 24 heavy (non-hydrogen) atoms. The third-order valence-corrected chi connectivity index (χ3v) is 4.67. The summed E-state index contributed by atoms with van der Waals surface area (Å²) in [5.41, 5.74) is 6.03. The first-order valence-corrected chi connectivity index (χ1v) is 8.28. The maximum atomic E-state index is 12.5. The van der Waals surface area contributed by atoms with Crippen molar-refractivity contribution < 1.29 is 19.1 Å². The van der Waals surface area contributed by atoms with Crippen molar-refractivity contribution in [3.63, 3.8) is 0 Å². The normalized spacial score (nSPS) is 19.5. The fourth-order valence-corrected chi connectivity index (χ4v) is 3.10. The van der Waals surface area contributed by atoms with Gasteiger partial charge in [0.25, 0.3) is 0 Å². The first-order chi connectivity index (χ1) is 11.5. The number of nitrogens with one attached hydrogen (secondary N) is 1. The fourth-order valence-electron chi connectivity index (χ4n) is 3.10. The van der Waals surface area contributed by atoms with Crippen LogP contribution in [0.5, 0.6) is 11.5 Å². The van der Waals surface area contributed by atoms with Gasteiger partial charge in [0.05, 0.1) is 6.04 Å². The summed E-state index contributed by atoms with van der Waals surface area (Å²) in [6, 6.07) is 5.11. The van der Waals surface area contributed by atoms with Crippen LogP contribution in [0.25, 0.3) is 0 Å². The standard InChI is InChI=1S/C17H23N3O4/c1-11(20-6-4-12(5-7-20)16(18)21)17(22)19-13-2-3-14-15(10-13)24-9-8-23-14/h2-3,10-12H,4-9H2,1H3,(H2,18,21)(H,19,22)/t11-/m1/s1. The number of likely N-dealkylation sites (tertiary alicyclic amines) is 1. The quantitative estimate of drug-likeness (QED) is 0.857. The molecule has 0 radical (unpaired) electrons. The SMILES string of the molecule is C[C@H](C(=O)Nc1ccc2c(c1)OCCO2)N1CCC(C(N)=O)CC1. The molecular weight excluding hydrogens is 310 g/mol. The molecule has 1 atom stereocenters. The van der Waals surface area contributed by atoms with Crippen LogP contribution < -0.4 is 20.5 Å². The van der Waals surface area contributed by atoms with Crippen molar-refractivity contribution in [1.29, 1.82) is 0 Å². The summed E-state index contributed by atoms with van der Waals surface area (Å²) in [5, 5.41) is 2.92. The highest BCUT2D eigenvalue weighted by atomic mass is 16.6. The molecule has 1 saturated heterocycles. The second-order valence-electron chi connectivity index (χ2n) is 6.24. The van der Waals surface area contributed by atoms with Gasteiger partial charge < -0.3 is 20.5 Å². The van der Waals surface area contributed by atoms with Crippen LogP contribution in [0.3, 0.4) is 0 Å². The van der Waals surface area contributed by atoms with E-state index in [1.807, 2.05) is 6.92 Å². The molecule has 1 aromatic carbocycles. The average Bonchev–Trinajstić information content (AvgIpc) is 2.61. The van der Waals surface area contributed by atoms with Gasteiger partial charge in [0.1, 0.15) is 13.2 Å². The number of carbonyl (C=O) groups excluding carboxylic acids is 2. The number of primary amides is 1. The van der Waals surface area contributed by atoms with Crippen LogP contribution >= 0.6 is 0 Å². The van der Waals surface area contributed by atoms with Crippen LogP contribution in [0.2, 0.25) is 0 Å². The summed E-state index contributed by atoms with van der Waals surface area (Å²) in [6.45, 7) is 4.32. The zero-order chi connectivity index (χ0) is 17.1. The van der Waals surface area contributed by atoms with Crippen molar-refractivity contribution in [2.24, 2.45) is 11.7 Å². The molecule has 0 saturated carbocycles. The van der Waals surface area contributed by atoms with Gasteiger partial charge >= 0.3 is 0 Å². The maximum Gasteiger partial charge on any atom is 0.241 e. The number of anilines is 1. The van der Waals surface area contributed by atoms with E-state index in [9.17, 15) is 9.59 Å². The van der Waals surface area contributed by atoms with Gasteiger partial charge in [-0.1, -0.05) is 0 Å². The number of piperidine rings is 1. The van der Waals surface area contributed by atoms with Gasteiger partial charge in [-0.05, 0) is 45.0 Å². The Kier molecular flexibility index (Phi) is 4.89. The molecule has 0 aliphatic carbocycles. The average molecular weight is 333 g/mol. The molecule has 3 rings (SSSR count). The minimum Gasteiger partial charge on any atom is -0.486 e. The topological polar surface area (TPSA) is 93.9 Å². The Morgan fingerprint density at radius 2 is 1.88 bits per heavy atom. The molecule has 0 spiro atoms. The van der Waals surface area contributed by atoms with Crippen molar-refractivity contribution in [3.8, 4) is 11.5 Å². The number of nitrogens with two attached hydrogens (primary N) is 1. The van der Waals surface area contributed by atoms with Crippen LogP contribution in [0, 0.1) is 5.92 Å². The van der Waals surface area contributed by atoms with Crippen LogP contribution in [-0.2, 0) is 9.59 Å². The van der Waals surface area contributed by atoms with Crippen molar-refractivity contribution in [3.05, 3.63) is 18.2 Å². The minimum absolute atomic E-state index is 0.0747. The first-order valence-electron chi connectivity index (χ1n) is 8.28. The van der Waals surface area contributed by atoms with Gasteiger partial charge in [0.2, 0.25) is 11.8 Å².